The van der Waals surface area contributed by atoms with Gasteiger partial charge in [-0.05, 0) is 74.0 Å². The Labute approximate surface area is 180 Å². The number of aromatic carboxylic acids is 1. The third-order valence-electron chi connectivity index (χ3n) is 7.51. The van der Waals surface area contributed by atoms with Crippen molar-refractivity contribution in [1.82, 2.24) is 0 Å². The average molecular weight is 425 g/mol. The first-order valence-electron chi connectivity index (χ1n) is 10.9. The van der Waals surface area contributed by atoms with E-state index in [0.29, 0.717) is 34.2 Å². The van der Waals surface area contributed by atoms with Crippen molar-refractivity contribution >= 4 is 16.8 Å². The van der Waals surface area contributed by atoms with Gasteiger partial charge in [-0.1, -0.05) is 30.3 Å². The van der Waals surface area contributed by atoms with E-state index in [4.69, 9.17) is 4.74 Å². The Kier molecular flexibility index (Phi) is 4.97. The molecule has 1 N–H and O–H groups in total. The predicted molar refractivity (Wildman–Crippen MR) is 116 cm³/mol. The number of carboxylic acids is 1. The lowest BCUT2D eigenvalue weighted by Gasteiger charge is -2.57. The maximum Gasteiger partial charge on any atom is 0.336 e. The standard InChI is InChI=1S/C25H28O4S/c1-29-21-8-7-20(24(26)27)23(30(28)15-16-5-3-2-4-6-16)22(21)25-12-17-9-18(13-25)11-19(10-17)14-25/h2-8,17-19H,9-15H2,1H3,(H,26,27). The number of hydrogen-bond donors (Lipinski definition) is 1. The number of methoxy groups -OCH3 is 1. The Morgan fingerprint density at radius 2 is 1.63 bits per heavy atom. The van der Waals surface area contributed by atoms with Crippen molar-refractivity contribution in [3.63, 3.8) is 0 Å². The number of ether oxygens (including phenoxy) is 1. The van der Waals surface area contributed by atoms with E-state index in [9.17, 15) is 14.1 Å². The second-order valence-corrected chi connectivity index (χ2v) is 10.9. The minimum atomic E-state index is -1.46. The van der Waals surface area contributed by atoms with Crippen molar-refractivity contribution in [3.8, 4) is 5.75 Å². The SMILES string of the molecule is COc1ccc(C(=O)O)c(S(=O)Cc2ccccc2)c1C12CC3CC(CC(C3)C1)C2. The van der Waals surface area contributed by atoms with Gasteiger partial charge in [0.1, 0.15) is 5.75 Å². The Balaban J connectivity index is 1.67. The van der Waals surface area contributed by atoms with Crippen molar-refractivity contribution in [2.75, 3.05) is 7.11 Å². The highest BCUT2D eigenvalue weighted by Crippen LogP contribution is 2.62. The second-order valence-electron chi connectivity index (χ2n) is 9.50. The lowest BCUT2D eigenvalue weighted by molar-refractivity contribution is -0.00752. The number of carboxylic acid groups (broad SMARTS) is 1. The summed E-state index contributed by atoms with van der Waals surface area (Å²) >= 11 is 0. The second kappa shape index (κ2) is 7.52. The van der Waals surface area contributed by atoms with Crippen molar-refractivity contribution in [1.29, 1.82) is 0 Å². The van der Waals surface area contributed by atoms with Crippen LogP contribution in [-0.2, 0) is 22.0 Å². The van der Waals surface area contributed by atoms with Crippen LogP contribution in [0, 0.1) is 17.8 Å². The molecule has 0 spiro atoms. The van der Waals surface area contributed by atoms with Gasteiger partial charge in [0.15, 0.2) is 0 Å². The molecule has 4 saturated carbocycles. The minimum Gasteiger partial charge on any atom is -0.496 e. The van der Waals surface area contributed by atoms with Crippen molar-refractivity contribution in [2.24, 2.45) is 17.8 Å². The number of benzene rings is 2. The van der Waals surface area contributed by atoms with Crippen LogP contribution >= 0.6 is 0 Å². The Morgan fingerprint density at radius 1 is 1.03 bits per heavy atom. The zero-order valence-corrected chi connectivity index (χ0v) is 18.1. The largest absolute Gasteiger partial charge is 0.496 e. The fourth-order valence-corrected chi connectivity index (χ4v) is 8.44. The smallest absolute Gasteiger partial charge is 0.336 e. The molecule has 4 bridgehead atoms. The zero-order valence-electron chi connectivity index (χ0n) is 17.3. The first-order chi connectivity index (χ1) is 14.5. The van der Waals surface area contributed by atoms with Crippen LogP contribution in [0.3, 0.4) is 0 Å². The molecule has 0 amide bonds. The van der Waals surface area contributed by atoms with Crippen LogP contribution in [0.4, 0.5) is 0 Å². The molecule has 4 aliphatic carbocycles. The van der Waals surface area contributed by atoms with Crippen molar-refractivity contribution in [3.05, 3.63) is 59.2 Å². The highest BCUT2D eigenvalue weighted by molar-refractivity contribution is 7.84. The summed E-state index contributed by atoms with van der Waals surface area (Å²) in [5, 5.41) is 9.98. The molecule has 4 nitrogen and oxygen atoms in total. The summed E-state index contributed by atoms with van der Waals surface area (Å²) < 4.78 is 19.5. The Morgan fingerprint density at radius 3 is 2.17 bits per heavy atom. The van der Waals surface area contributed by atoms with Gasteiger partial charge < -0.3 is 9.84 Å². The van der Waals surface area contributed by atoms with Crippen LogP contribution < -0.4 is 4.74 Å². The molecule has 2 aromatic rings. The molecule has 0 aliphatic heterocycles. The highest BCUT2D eigenvalue weighted by Gasteiger charge is 2.54. The molecule has 0 radical (unpaired) electrons. The normalized spacial score (nSPS) is 30.2. The van der Waals surface area contributed by atoms with Crippen LogP contribution in [-0.4, -0.2) is 22.4 Å². The summed E-state index contributed by atoms with van der Waals surface area (Å²) in [7, 11) is 0.179. The minimum absolute atomic E-state index is 0.104. The van der Waals surface area contributed by atoms with E-state index in [1.807, 2.05) is 30.3 Å². The van der Waals surface area contributed by atoms with Crippen LogP contribution in [0.5, 0.6) is 5.75 Å². The van der Waals surface area contributed by atoms with Gasteiger partial charge in [0, 0.05) is 11.0 Å². The molecule has 0 heterocycles. The van der Waals surface area contributed by atoms with E-state index in [0.717, 1.165) is 30.4 Å². The van der Waals surface area contributed by atoms with E-state index in [1.165, 1.54) is 19.3 Å². The zero-order chi connectivity index (χ0) is 20.9. The van der Waals surface area contributed by atoms with Gasteiger partial charge >= 0.3 is 5.97 Å². The molecular formula is C25H28O4S. The lowest BCUT2D eigenvalue weighted by Crippen LogP contribution is -2.49. The number of rotatable bonds is 6. The van der Waals surface area contributed by atoms with E-state index in [2.05, 4.69) is 0 Å². The first-order valence-corrected chi connectivity index (χ1v) is 12.2. The van der Waals surface area contributed by atoms with Gasteiger partial charge in [0.2, 0.25) is 0 Å². The topological polar surface area (TPSA) is 63.6 Å². The molecule has 4 fully saturated rings. The summed E-state index contributed by atoms with van der Waals surface area (Å²) in [4.78, 5) is 12.7. The van der Waals surface area contributed by atoms with Crippen molar-refractivity contribution < 1.29 is 18.8 Å². The maximum atomic E-state index is 13.7. The summed E-state index contributed by atoms with van der Waals surface area (Å²) in [5.74, 6) is 2.10. The maximum absolute atomic E-state index is 13.7. The Hall–Kier alpha value is -2.14. The molecule has 1 unspecified atom stereocenters. The molecule has 30 heavy (non-hydrogen) atoms. The monoisotopic (exact) mass is 424 g/mol. The molecule has 0 aromatic heterocycles. The van der Waals surface area contributed by atoms with Gasteiger partial charge in [0.05, 0.1) is 34.1 Å². The van der Waals surface area contributed by atoms with Gasteiger partial charge in [-0.3, -0.25) is 4.21 Å². The fraction of sp³-hybridized carbons (Fsp3) is 0.480. The van der Waals surface area contributed by atoms with E-state index < -0.39 is 16.8 Å². The van der Waals surface area contributed by atoms with Crippen LogP contribution in [0.2, 0.25) is 0 Å². The van der Waals surface area contributed by atoms with Gasteiger partial charge in [-0.15, -0.1) is 0 Å². The summed E-state index contributed by atoms with van der Waals surface area (Å²) in [6.45, 7) is 0. The summed E-state index contributed by atoms with van der Waals surface area (Å²) in [6.07, 6.45) is 7.07. The van der Waals surface area contributed by atoms with Gasteiger partial charge in [-0.2, -0.15) is 0 Å². The van der Waals surface area contributed by atoms with E-state index in [-0.39, 0.29) is 11.0 Å². The van der Waals surface area contributed by atoms with Crippen molar-refractivity contribution in [2.45, 2.75) is 54.6 Å². The highest BCUT2D eigenvalue weighted by atomic mass is 32.2. The molecule has 6 rings (SSSR count). The third kappa shape index (κ3) is 3.27. The average Bonchev–Trinajstić information content (AvgIpc) is 2.72. The van der Waals surface area contributed by atoms with Gasteiger partial charge in [-0.25, -0.2) is 4.79 Å². The predicted octanol–water partition coefficient (Wildman–Crippen LogP) is 5.17. The quantitative estimate of drug-likeness (QED) is 0.695. The summed E-state index contributed by atoms with van der Waals surface area (Å²) in [6, 6.07) is 13.0. The number of carbonyl (C=O) groups is 1. The molecular weight excluding hydrogens is 396 g/mol. The van der Waals surface area contributed by atoms with Crippen LogP contribution in [0.25, 0.3) is 0 Å². The molecule has 5 heteroatoms. The number of hydrogen-bond acceptors (Lipinski definition) is 3. The van der Waals surface area contributed by atoms with Crippen LogP contribution in [0.1, 0.15) is 60.0 Å². The lowest BCUT2D eigenvalue weighted by atomic mass is 9.48. The molecule has 4 aliphatic rings. The Bertz CT molecular complexity index is 962. The molecule has 2 aromatic carbocycles. The van der Waals surface area contributed by atoms with E-state index in [1.54, 1.807) is 19.2 Å². The fourth-order valence-electron chi connectivity index (χ4n) is 6.86. The van der Waals surface area contributed by atoms with Crippen LogP contribution in [0.15, 0.2) is 47.4 Å². The summed E-state index contributed by atoms with van der Waals surface area (Å²) in [5.41, 5.74) is 1.94. The first kappa shape index (κ1) is 19.8. The third-order valence-corrected chi connectivity index (χ3v) is 8.98. The molecule has 1 atom stereocenters. The molecule has 158 valence electrons. The molecule has 0 saturated heterocycles. The van der Waals surface area contributed by atoms with E-state index >= 15 is 0 Å². The van der Waals surface area contributed by atoms with Gasteiger partial charge in [0.25, 0.3) is 0 Å².